The van der Waals surface area contributed by atoms with Crippen LogP contribution in [0.15, 0.2) is 48.7 Å². The van der Waals surface area contributed by atoms with Gasteiger partial charge in [-0.2, -0.15) is 5.10 Å². The molecule has 6 rings (SSSR count). The molecule has 5 heterocycles. The van der Waals surface area contributed by atoms with Crippen LogP contribution in [0.25, 0.3) is 22.3 Å². The molecule has 0 aliphatic carbocycles. The van der Waals surface area contributed by atoms with Crippen molar-refractivity contribution >= 4 is 28.4 Å². The van der Waals surface area contributed by atoms with Crippen molar-refractivity contribution in [2.75, 3.05) is 54.8 Å². The maximum absolute atomic E-state index is 10.3. The highest BCUT2D eigenvalue weighted by molar-refractivity contribution is 5.87. The van der Waals surface area contributed by atoms with Crippen LogP contribution in [0.3, 0.4) is 0 Å². The van der Waals surface area contributed by atoms with Crippen LogP contribution in [0.4, 0.5) is 17.3 Å². The second kappa shape index (κ2) is 9.03. The van der Waals surface area contributed by atoms with Gasteiger partial charge < -0.3 is 26.0 Å². The fourth-order valence-electron chi connectivity index (χ4n) is 5.07. The van der Waals surface area contributed by atoms with Crippen LogP contribution in [0.2, 0.25) is 0 Å². The third kappa shape index (κ3) is 4.10. The molecule has 180 valence electrons. The van der Waals surface area contributed by atoms with Crippen molar-refractivity contribution in [3.05, 3.63) is 48.7 Å². The number of aromatic hydroxyl groups is 1. The van der Waals surface area contributed by atoms with Crippen molar-refractivity contribution in [1.82, 2.24) is 30.3 Å². The van der Waals surface area contributed by atoms with Crippen LogP contribution in [0, 0.1) is 0 Å². The zero-order valence-corrected chi connectivity index (χ0v) is 19.5. The second-order valence-electron chi connectivity index (χ2n) is 9.14. The van der Waals surface area contributed by atoms with Gasteiger partial charge in [0.15, 0.2) is 11.3 Å². The highest BCUT2D eigenvalue weighted by Crippen LogP contribution is 2.33. The summed E-state index contributed by atoms with van der Waals surface area (Å²) >= 11 is 0. The normalized spacial score (nSPS) is 17.3. The van der Waals surface area contributed by atoms with Crippen molar-refractivity contribution < 1.29 is 5.11 Å². The first-order valence-corrected chi connectivity index (χ1v) is 12.1. The predicted molar refractivity (Wildman–Crippen MR) is 137 cm³/mol. The van der Waals surface area contributed by atoms with Crippen molar-refractivity contribution in [2.45, 2.75) is 18.9 Å². The van der Waals surface area contributed by atoms with E-state index in [-0.39, 0.29) is 11.8 Å². The molecule has 2 fully saturated rings. The SMILES string of the molecule is Nc1nn(C2CCN(c3ccc(N4CCNCC4)cn3)CC2)c2cc(-c3ccccc3O)nnc12. The summed E-state index contributed by atoms with van der Waals surface area (Å²) in [5.74, 6) is 1.56. The fraction of sp³-hybridized carbons (Fsp3) is 0.360. The Morgan fingerprint density at radius 2 is 1.74 bits per heavy atom. The summed E-state index contributed by atoms with van der Waals surface area (Å²) in [4.78, 5) is 9.47. The van der Waals surface area contributed by atoms with E-state index in [0.29, 0.717) is 22.6 Å². The number of piperazine rings is 1. The van der Waals surface area contributed by atoms with Crippen LogP contribution >= 0.6 is 0 Å². The summed E-state index contributed by atoms with van der Waals surface area (Å²) < 4.78 is 1.99. The first kappa shape index (κ1) is 21.6. The van der Waals surface area contributed by atoms with Gasteiger partial charge >= 0.3 is 0 Å². The van der Waals surface area contributed by atoms with Gasteiger partial charge in [0.25, 0.3) is 0 Å². The van der Waals surface area contributed by atoms with Gasteiger partial charge in [-0.3, -0.25) is 4.68 Å². The van der Waals surface area contributed by atoms with Crippen LogP contribution in [0.5, 0.6) is 5.75 Å². The van der Waals surface area contributed by atoms with E-state index in [9.17, 15) is 5.11 Å². The molecule has 1 aromatic carbocycles. The van der Waals surface area contributed by atoms with Crippen LogP contribution in [-0.2, 0) is 0 Å². The molecule has 0 spiro atoms. The van der Waals surface area contributed by atoms with Gasteiger partial charge in [-0.05, 0) is 43.2 Å². The molecule has 3 aromatic heterocycles. The number of nitrogens with zero attached hydrogens (tertiary/aromatic N) is 7. The molecule has 4 aromatic rings. The quantitative estimate of drug-likeness (QED) is 0.412. The number of phenols is 1. The van der Waals surface area contributed by atoms with Crippen LogP contribution < -0.4 is 20.9 Å². The molecule has 4 N–H and O–H groups in total. The first-order chi connectivity index (χ1) is 17.2. The Bertz CT molecular complexity index is 1320. The van der Waals surface area contributed by atoms with Crippen molar-refractivity contribution in [2.24, 2.45) is 0 Å². The van der Waals surface area contributed by atoms with Gasteiger partial charge in [0.2, 0.25) is 0 Å². The Morgan fingerprint density at radius 3 is 2.49 bits per heavy atom. The standard InChI is InChI=1S/C25H29N9O/c26-25-24-21(15-20(29-30-24)19-3-1-2-4-22(19)35)34(31-25)17-7-11-33(12-8-17)23-6-5-18(16-28-23)32-13-9-27-10-14-32/h1-6,15-17,27,35H,7-14H2,(H2,26,31). The highest BCUT2D eigenvalue weighted by atomic mass is 16.3. The lowest BCUT2D eigenvalue weighted by Gasteiger charge is -2.34. The van der Waals surface area contributed by atoms with Crippen molar-refractivity contribution in [1.29, 1.82) is 0 Å². The number of aromatic nitrogens is 5. The number of nitrogens with two attached hydrogens (primary N) is 1. The van der Waals surface area contributed by atoms with Gasteiger partial charge in [0, 0.05) is 44.8 Å². The number of anilines is 3. The van der Waals surface area contributed by atoms with Gasteiger partial charge in [0.1, 0.15) is 11.6 Å². The van der Waals surface area contributed by atoms with Gasteiger partial charge in [-0.1, -0.05) is 12.1 Å². The summed E-state index contributed by atoms with van der Waals surface area (Å²) in [6, 6.07) is 13.6. The van der Waals surface area contributed by atoms with Crippen molar-refractivity contribution in [3.8, 4) is 17.0 Å². The lowest BCUT2D eigenvalue weighted by molar-refractivity contribution is 0.376. The molecule has 10 nitrogen and oxygen atoms in total. The molecule has 0 amide bonds. The Balaban J connectivity index is 1.19. The Morgan fingerprint density at radius 1 is 0.943 bits per heavy atom. The van der Waals surface area contributed by atoms with Crippen LogP contribution in [-0.4, -0.2) is 69.3 Å². The van der Waals surface area contributed by atoms with Crippen molar-refractivity contribution in [3.63, 3.8) is 0 Å². The minimum absolute atomic E-state index is 0.170. The van der Waals surface area contributed by atoms with Gasteiger partial charge in [-0.25, -0.2) is 4.98 Å². The number of para-hydroxylation sites is 1. The highest BCUT2D eigenvalue weighted by Gasteiger charge is 2.25. The molecule has 35 heavy (non-hydrogen) atoms. The monoisotopic (exact) mass is 471 g/mol. The number of piperidine rings is 1. The molecule has 2 aliphatic heterocycles. The summed E-state index contributed by atoms with van der Waals surface area (Å²) in [7, 11) is 0. The Hall–Kier alpha value is -3.92. The van der Waals surface area contributed by atoms with Gasteiger partial charge in [0.05, 0.1) is 29.1 Å². The molecule has 0 radical (unpaired) electrons. The number of nitrogen functional groups attached to an aromatic ring is 1. The average molecular weight is 472 g/mol. The van der Waals surface area contributed by atoms with Crippen LogP contribution in [0.1, 0.15) is 18.9 Å². The third-order valence-corrected chi connectivity index (χ3v) is 7.01. The van der Waals surface area contributed by atoms with E-state index in [1.165, 1.54) is 5.69 Å². The molecular weight excluding hydrogens is 442 g/mol. The molecule has 0 bridgehead atoms. The lowest BCUT2D eigenvalue weighted by atomic mass is 10.0. The summed E-state index contributed by atoms with van der Waals surface area (Å²) in [6.07, 6.45) is 3.84. The molecular formula is C25H29N9O. The molecule has 10 heteroatoms. The number of nitrogens with one attached hydrogen (secondary N) is 1. The predicted octanol–water partition coefficient (Wildman–Crippen LogP) is 2.43. The number of phenolic OH excluding ortho intramolecular Hbond substituents is 1. The number of fused-ring (bicyclic) bond motifs is 1. The minimum atomic E-state index is 0.170. The maximum Gasteiger partial charge on any atom is 0.174 e. The smallest absolute Gasteiger partial charge is 0.174 e. The Kier molecular flexibility index (Phi) is 5.57. The van der Waals surface area contributed by atoms with E-state index in [2.05, 4.69) is 42.5 Å². The molecule has 0 saturated carbocycles. The molecule has 2 saturated heterocycles. The summed E-state index contributed by atoms with van der Waals surface area (Å²) in [5.41, 5.74) is 10.0. The number of hydrogen-bond acceptors (Lipinski definition) is 9. The minimum Gasteiger partial charge on any atom is -0.507 e. The van der Waals surface area contributed by atoms with E-state index in [0.717, 1.165) is 63.4 Å². The van der Waals surface area contributed by atoms with E-state index in [1.54, 1.807) is 12.1 Å². The fourth-order valence-corrected chi connectivity index (χ4v) is 5.07. The zero-order valence-electron chi connectivity index (χ0n) is 19.5. The van der Waals surface area contributed by atoms with E-state index >= 15 is 0 Å². The number of rotatable bonds is 4. The maximum atomic E-state index is 10.3. The largest absolute Gasteiger partial charge is 0.507 e. The Labute approximate surface area is 203 Å². The first-order valence-electron chi connectivity index (χ1n) is 12.1. The van der Waals surface area contributed by atoms with E-state index < -0.39 is 0 Å². The zero-order chi connectivity index (χ0) is 23.8. The average Bonchev–Trinajstić information content (AvgIpc) is 3.25. The summed E-state index contributed by atoms with van der Waals surface area (Å²) in [5, 5.41) is 26.9. The van der Waals surface area contributed by atoms with Gasteiger partial charge in [-0.15, -0.1) is 10.2 Å². The van der Waals surface area contributed by atoms with E-state index in [4.69, 9.17) is 10.7 Å². The second-order valence-corrected chi connectivity index (χ2v) is 9.14. The third-order valence-electron chi connectivity index (χ3n) is 7.01. The summed E-state index contributed by atoms with van der Waals surface area (Å²) in [6.45, 7) is 5.84. The molecule has 0 unspecified atom stereocenters. The number of hydrogen-bond donors (Lipinski definition) is 3. The topological polar surface area (TPSA) is 121 Å². The lowest BCUT2D eigenvalue weighted by Crippen LogP contribution is -2.43. The number of pyridine rings is 1. The number of benzene rings is 1. The molecule has 0 atom stereocenters. The van der Waals surface area contributed by atoms with E-state index in [1.807, 2.05) is 29.1 Å². The molecule has 2 aliphatic rings.